The minimum absolute atomic E-state index is 0.224. The van der Waals surface area contributed by atoms with Gasteiger partial charge in [0, 0.05) is 22.7 Å². The number of carbonyl (C=O) groups is 3. The lowest BCUT2D eigenvalue weighted by Gasteiger charge is -2.09. The summed E-state index contributed by atoms with van der Waals surface area (Å²) in [5.41, 5.74) is 2.06. The number of halogens is 1. The van der Waals surface area contributed by atoms with E-state index < -0.39 is 0 Å². The predicted octanol–water partition coefficient (Wildman–Crippen LogP) is 2.80. The molecule has 24 heavy (non-hydrogen) atoms. The number of anilines is 1. The van der Waals surface area contributed by atoms with E-state index in [2.05, 4.69) is 10.6 Å². The standard InChI is InChI=1S/C18H15ClN2O3/c19-14-3-1-2-12(9-14)17(23)20-15-6-4-11(5-7-15)8-13-10-16(22)21-18(13)24/h1-7,9,13H,8,10H2,(H,20,23)(H,21,22,24)/t13-/m1/s1. The highest BCUT2D eigenvalue weighted by Gasteiger charge is 2.30. The maximum absolute atomic E-state index is 12.1. The SMILES string of the molecule is O=C1C[C@@H](Cc2ccc(NC(=O)c3cccc(Cl)c3)cc2)C(=O)N1. The molecule has 3 rings (SSSR count). The quantitative estimate of drug-likeness (QED) is 0.839. The second-order valence-corrected chi connectivity index (χ2v) is 6.12. The minimum atomic E-state index is -0.315. The fourth-order valence-electron chi connectivity index (χ4n) is 2.61. The van der Waals surface area contributed by atoms with Crippen LogP contribution in [0.3, 0.4) is 0 Å². The zero-order valence-electron chi connectivity index (χ0n) is 12.7. The zero-order chi connectivity index (χ0) is 17.1. The number of benzene rings is 2. The summed E-state index contributed by atoms with van der Waals surface area (Å²) >= 11 is 5.88. The van der Waals surface area contributed by atoms with Crippen molar-refractivity contribution in [2.45, 2.75) is 12.8 Å². The molecule has 0 spiro atoms. The molecule has 2 aromatic rings. The monoisotopic (exact) mass is 342 g/mol. The van der Waals surface area contributed by atoms with Gasteiger partial charge in [-0.3, -0.25) is 19.7 Å². The molecule has 5 nitrogen and oxygen atoms in total. The largest absolute Gasteiger partial charge is 0.322 e. The van der Waals surface area contributed by atoms with Crippen LogP contribution < -0.4 is 10.6 Å². The Bertz CT molecular complexity index is 802. The van der Waals surface area contributed by atoms with E-state index in [1.54, 1.807) is 36.4 Å². The predicted molar refractivity (Wildman–Crippen MR) is 90.8 cm³/mol. The molecule has 3 amide bonds. The van der Waals surface area contributed by atoms with Gasteiger partial charge in [-0.1, -0.05) is 29.8 Å². The molecule has 0 saturated carbocycles. The molecule has 0 bridgehead atoms. The van der Waals surface area contributed by atoms with E-state index in [-0.39, 0.29) is 30.1 Å². The Labute approximate surface area is 144 Å². The molecule has 6 heteroatoms. The van der Waals surface area contributed by atoms with Crippen LogP contribution in [0.15, 0.2) is 48.5 Å². The van der Waals surface area contributed by atoms with Crippen molar-refractivity contribution in [3.63, 3.8) is 0 Å². The lowest BCUT2D eigenvalue weighted by atomic mass is 9.98. The summed E-state index contributed by atoms with van der Waals surface area (Å²) in [4.78, 5) is 34.9. The Hall–Kier alpha value is -2.66. The molecule has 1 saturated heterocycles. The summed E-state index contributed by atoms with van der Waals surface area (Å²) in [6.45, 7) is 0. The van der Waals surface area contributed by atoms with Gasteiger partial charge in [0.2, 0.25) is 11.8 Å². The summed E-state index contributed by atoms with van der Waals surface area (Å²) in [5.74, 6) is -1.01. The van der Waals surface area contributed by atoms with E-state index in [1.165, 1.54) is 0 Å². The van der Waals surface area contributed by atoms with Gasteiger partial charge in [0.15, 0.2) is 0 Å². The summed E-state index contributed by atoms with van der Waals surface area (Å²) < 4.78 is 0. The van der Waals surface area contributed by atoms with Crippen LogP contribution in [0.2, 0.25) is 5.02 Å². The molecule has 1 aliphatic rings. The summed E-state index contributed by atoms with van der Waals surface area (Å²) in [7, 11) is 0. The van der Waals surface area contributed by atoms with E-state index >= 15 is 0 Å². The molecule has 1 atom stereocenters. The number of carbonyl (C=O) groups excluding carboxylic acids is 3. The van der Waals surface area contributed by atoms with Crippen LogP contribution >= 0.6 is 11.6 Å². The summed E-state index contributed by atoms with van der Waals surface area (Å²) in [5, 5.41) is 5.59. The van der Waals surface area contributed by atoms with Gasteiger partial charge in [-0.05, 0) is 42.3 Å². The highest BCUT2D eigenvalue weighted by atomic mass is 35.5. The molecule has 2 N–H and O–H groups in total. The van der Waals surface area contributed by atoms with Gasteiger partial charge < -0.3 is 5.32 Å². The van der Waals surface area contributed by atoms with Crippen LogP contribution in [0.1, 0.15) is 22.3 Å². The third-order valence-electron chi connectivity index (χ3n) is 3.85. The van der Waals surface area contributed by atoms with Crippen molar-refractivity contribution in [1.29, 1.82) is 0 Å². The van der Waals surface area contributed by atoms with Gasteiger partial charge in [-0.2, -0.15) is 0 Å². The van der Waals surface area contributed by atoms with E-state index in [0.29, 0.717) is 22.7 Å². The van der Waals surface area contributed by atoms with E-state index in [0.717, 1.165) is 5.56 Å². The first kappa shape index (κ1) is 16.2. The Balaban J connectivity index is 1.63. The van der Waals surface area contributed by atoms with E-state index in [1.807, 2.05) is 12.1 Å². The van der Waals surface area contributed by atoms with Crippen molar-refractivity contribution >= 4 is 35.0 Å². The van der Waals surface area contributed by atoms with Crippen LogP contribution in [0.4, 0.5) is 5.69 Å². The van der Waals surface area contributed by atoms with Crippen LogP contribution in [0.5, 0.6) is 0 Å². The zero-order valence-corrected chi connectivity index (χ0v) is 13.5. The molecule has 1 fully saturated rings. The molecule has 122 valence electrons. The average Bonchev–Trinajstić information content (AvgIpc) is 2.87. The van der Waals surface area contributed by atoms with Crippen LogP contribution in [-0.2, 0) is 16.0 Å². The third-order valence-corrected chi connectivity index (χ3v) is 4.08. The first-order valence-electron chi connectivity index (χ1n) is 7.51. The van der Waals surface area contributed by atoms with Crippen LogP contribution in [-0.4, -0.2) is 17.7 Å². The van der Waals surface area contributed by atoms with Crippen molar-refractivity contribution in [3.05, 3.63) is 64.7 Å². The van der Waals surface area contributed by atoms with Gasteiger partial charge in [0.25, 0.3) is 5.91 Å². The fourth-order valence-corrected chi connectivity index (χ4v) is 2.80. The fraction of sp³-hybridized carbons (Fsp3) is 0.167. The molecule has 1 heterocycles. The van der Waals surface area contributed by atoms with Crippen molar-refractivity contribution < 1.29 is 14.4 Å². The maximum atomic E-state index is 12.1. The topological polar surface area (TPSA) is 75.3 Å². The number of imide groups is 1. The number of hydrogen-bond acceptors (Lipinski definition) is 3. The number of rotatable bonds is 4. The molecular formula is C18H15ClN2O3. The number of hydrogen-bond donors (Lipinski definition) is 2. The Kier molecular flexibility index (Phi) is 4.62. The van der Waals surface area contributed by atoms with Crippen molar-refractivity contribution in [2.24, 2.45) is 5.92 Å². The highest BCUT2D eigenvalue weighted by Crippen LogP contribution is 2.19. The first-order valence-corrected chi connectivity index (χ1v) is 7.88. The van der Waals surface area contributed by atoms with Crippen LogP contribution in [0, 0.1) is 5.92 Å². The Morgan fingerprint density at radius 1 is 1.17 bits per heavy atom. The molecule has 0 radical (unpaired) electrons. The second kappa shape index (κ2) is 6.84. The highest BCUT2D eigenvalue weighted by molar-refractivity contribution is 6.31. The normalized spacial score (nSPS) is 16.8. The van der Waals surface area contributed by atoms with Crippen molar-refractivity contribution in [1.82, 2.24) is 5.32 Å². The second-order valence-electron chi connectivity index (χ2n) is 5.68. The molecule has 0 aliphatic carbocycles. The lowest BCUT2D eigenvalue weighted by molar-refractivity contribution is -0.125. The third kappa shape index (κ3) is 3.81. The Morgan fingerprint density at radius 2 is 1.92 bits per heavy atom. The number of amides is 3. The number of nitrogens with one attached hydrogen (secondary N) is 2. The van der Waals surface area contributed by atoms with Gasteiger partial charge in [-0.15, -0.1) is 0 Å². The molecular weight excluding hydrogens is 328 g/mol. The molecule has 0 aromatic heterocycles. The lowest BCUT2D eigenvalue weighted by Crippen LogP contribution is -2.22. The van der Waals surface area contributed by atoms with Crippen LogP contribution in [0.25, 0.3) is 0 Å². The van der Waals surface area contributed by atoms with Gasteiger partial charge in [-0.25, -0.2) is 0 Å². The van der Waals surface area contributed by atoms with Crippen molar-refractivity contribution in [2.75, 3.05) is 5.32 Å². The molecule has 0 unspecified atom stereocenters. The minimum Gasteiger partial charge on any atom is -0.322 e. The molecule has 2 aromatic carbocycles. The average molecular weight is 343 g/mol. The molecule has 1 aliphatic heterocycles. The van der Waals surface area contributed by atoms with E-state index in [4.69, 9.17) is 11.6 Å². The van der Waals surface area contributed by atoms with Gasteiger partial charge >= 0.3 is 0 Å². The smallest absolute Gasteiger partial charge is 0.255 e. The Morgan fingerprint density at radius 3 is 2.54 bits per heavy atom. The van der Waals surface area contributed by atoms with Gasteiger partial charge in [0.05, 0.1) is 5.92 Å². The summed E-state index contributed by atoms with van der Waals surface area (Å²) in [6, 6.07) is 13.9. The van der Waals surface area contributed by atoms with Gasteiger partial charge in [0.1, 0.15) is 0 Å². The summed E-state index contributed by atoms with van der Waals surface area (Å²) in [6.07, 6.45) is 0.728. The van der Waals surface area contributed by atoms with Crippen molar-refractivity contribution in [3.8, 4) is 0 Å². The van der Waals surface area contributed by atoms with E-state index in [9.17, 15) is 14.4 Å². The maximum Gasteiger partial charge on any atom is 0.255 e. The first-order chi connectivity index (χ1) is 11.5.